The molecule has 0 radical (unpaired) electrons. The van der Waals surface area contributed by atoms with E-state index >= 15 is 0 Å². The van der Waals surface area contributed by atoms with Gasteiger partial charge >= 0.3 is 0 Å². The quantitative estimate of drug-likeness (QED) is 0.0421. The number of allylic oxidation sites excluding steroid dienone is 17. The molecule has 63 heavy (non-hydrogen) atoms. The number of rotatable bonds is 47. The van der Waals surface area contributed by atoms with Crippen molar-refractivity contribution in [3.8, 4) is 0 Å². The Kier molecular flexibility index (Phi) is 50.9. The fourth-order valence-corrected chi connectivity index (χ4v) is 7.44. The van der Waals surface area contributed by atoms with Gasteiger partial charge in [-0.3, -0.25) is 4.79 Å². The Morgan fingerprint density at radius 2 is 0.714 bits per heavy atom. The molecule has 2 unspecified atom stereocenters. The van der Waals surface area contributed by atoms with Gasteiger partial charge in [-0.1, -0.05) is 252 Å². The van der Waals surface area contributed by atoms with Crippen molar-refractivity contribution in [1.82, 2.24) is 5.32 Å². The van der Waals surface area contributed by atoms with Gasteiger partial charge < -0.3 is 15.5 Å². The second-order valence-corrected chi connectivity index (χ2v) is 17.5. The molecule has 0 fully saturated rings. The van der Waals surface area contributed by atoms with Crippen molar-refractivity contribution in [3.63, 3.8) is 0 Å². The maximum absolute atomic E-state index is 12.4. The van der Waals surface area contributed by atoms with E-state index in [1.54, 1.807) is 6.08 Å². The zero-order valence-electron chi connectivity index (χ0n) is 41.3. The van der Waals surface area contributed by atoms with Crippen molar-refractivity contribution >= 4 is 5.91 Å². The third-order valence-corrected chi connectivity index (χ3v) is 11.5. The van der Waals surface area contributed by atoms with Crippen molar-refractivity contribution in [2.24, 2.45) is 0 Å². The first kappa shape index (κ1) is 60.1. The summed E-state index contributed by atoms with van der Waals surface area (Å²) < 4.78 is 0. The van der Waals surface area contributed by atoms with Gasteiger partial charge in [-0.05, 0) is 89.9 Å². The molecule has 0 rings (SSSR count). The highest BCUT2D eigenvalue weighted by atomic mass is 16.3. The number of hydrogen-bond donors (Lipinski definition) is 3. The molecule has 0 aromatic rings. The van der Waals surface area contributed by atoms with Crippen molar-refractivity contribution < 1.29 is 15.0 Å². The van der Waals surface area contributed by atoms with E-state index in [1.807, 2.05) is 6.08 Å². The Bertz CT molecular complexity index is 1220. The molecule has 0 aromatic heterocycles. The minimum absolute atomic E-state index is 0.0807. The lowest BCUT2D eigenvalue weighted by atomic mass is 10.0. The monoisotopic (exact) mass is 872 g/mol. The molecule has 4 heteroatoms. The molecule has 0 bridgehead atoms. The van der Waals surface area contributed by atoms with E-state index in [0.717, 1.165) is 77.0 Å². The van der Waals surface area contributed by atoms with E-state index in [-0.39, 0.29) is 12.5 Å². The highest BCUT2D eigenvalue weighted by Crippen LogP contribution is 2.16. The number of amides is 1. The van der Waals surface area contributed by atoms with Gasteiger partial charge in [-0.25, -0.2) is 0 Å². The van der Waals surface area contributed by atoms with Crippen molar-refractivity contribution in [2.75, 3.05) is 6.61 Å². The summed E-state index contributed by atoms with van der Waals surface area (Å²) in [4.78, 5) is 12.4. The van der Waals surface area contributed by atoms with Gasteiger partial charge in [0.15, 0.2) is 0 Å². The van der Waals surface area contributed by atoms with Gasteiger partial charge in [-0.15, -0.1) is 0 Å². The molecule has 0 spiro atoms. The maximum Gasteiger partial charge on any atom is 0.220 e. The van der Waals surface area contributed by atoms with Gasteiger partial charge in [0.1, 0.15) is 0 Å². The standard InChI is InChI=1S/C59H101NO3/c1-3-5-7-9-11-13-15-17-18-19-20-21-22-23-24-25-26-27-28-29-30-31-32-33-34-35-36-37-38-39-40-41-42-43-45-47-49-51-53-55-59(63)60-57(56-61)58(62)54-52-50-48-46-44-16-14-12-10-8-6-4-2/h5,7,10-13,17-18,20-21,23-24,26-27,44,46,52,54,57-58,61-62H,3-4,6,8-9,14-16,19,22,25,28-43,45,47-51,53,55-56H2,1-2H3,(H,60,63)/b7-5-,12-10+,13-11-,18-17-,21-20-,24-23-,27-26-,46-44+,54-52+. The third-order valence-electron chi connectivity index (χ3n) is 11.5. The molecule has 3 N–H and O–H groups in total. The van der Waals surface area contributed by atoms with Crippen LogP contribution >= 0.6 is 0 Å². The SMILES string of the molecule is CC/C=C\C/C=C\C/C=C\C/C=C\C/C=C\C/C=C\CCCCCCCCCCCCCCCCCCCCCCC(=O)NC(CO)C(O)/C=C/CC/C=C/CC/C=C/CCCC. The molecule has 0 aliphatic carbocycles. The maximum atomic E-state index is 12.4. The summed E-state index contributed by atoms with van der Waals surface area (Å²) in [5.41, 5.74) is 0. The Labute approximate surface area is 391 Å². The summed E-state index contributed by atoms with van der Waals surface area (Å²) in [5, 5.41) is 23.0. The Morgan fingerprint density at radius 3 is 1.11 bits per heavy atom. The van der Waals surface area contributed by atoms with Gasteiger partial charge in [-0.2, -0.15) is 0 Å². The van der Waals surface area contributed by atoms with Gasteiger partial charge in [0.2, 0.25) is 5.91 Å². The average molecular weight is 872 g/mol. The lowest BCUT2D eigenvalue weighted by molar-refractivity contribution is -0.123. The Morgan fingerprint density at radius 1 is 0.397 bits per heavy atom. The summed E-state index contributed by atoms with van der Waals surface area (Å²) in [7, 11) is 0. The van der Waals surface area contributed by atoms with Crippen molar-refractivity contribution in [3.05, 3.63) is 109 Å². The minimum Gasteiger partial charge on any atom is -0.394 e. The largest absolute Gasteiger partial charge is 0.394 e. The van der Waals surface area contributed by atoms with Crippen molar-refractivity contribution in [2.45, 2.75) is 251 Å². The lowest BCUT2D eigenvalue weighted by Gasteiger charge is -2.19. The highest BCUT2D eigenvalue weighted by molar-refractivity contribution is 5.76. The number of carbonyl (C=O) groups is 1. The van der Waals surface area contributed by atoms with E-state index < -0.39 is 12.1 Å². The van der Waals surface area contributed by atoms with Crippen LogP contribution in [0, 0.1) is 0 Å². The first-order valence-electron chi connectivity index (χ1n) is 26.6. The van der Waals surface area contributed by atoms with Crippen LogP contribution in [0.1, 0.15) is 239 Å². The molecule has 0 aromatic carbocycles. The fourth-order valence-electron chi connectivity index (χ4n) is 7.44. The second kappa shape index (κ2) is 53.4. The van der Waals surface area contributed by atoms with Crippen LogP contribution in [0.15, 0.2) is 109 Å². The zero-order chi connectivity index (χ0) is 45.6. The number of hydrogen-bond acceptors (Lipinski definition) is 3. The van der Waals surface area contributed by atoms with E-state index in [9.17, 15) is 15.0 Å². The molecule has 2 atom stereocenters. The van der Waals surface area contributed by atoms with E-state index in [0.29, 0.717) is 6.42 Å². The van der Waals surface area contributed by atoms with Crippen LogP contribution in [0.5, 0.6) is 0 Å². The predicted molar refractivity (Wildman–Crippen MR) is 280 cm³/mol. The average Bonchev–Trinajstić information content (AvgIpc) is 3.29. The summed E-state index contributed by atoms with van der Waals surface area (Å²) in [6.07, 6.45) is 81.1. The molecule has 1 amide bonds. The fraction of sp³-hybridized carbons (Fsp3) is 0.678. The van der Waals surface area contributed by atoms with Gasteiger partial charge in [0.25, 0.3) is 0 Å². The number of nitrogens with one attached hydrogen (secondary N) is 1. The molecule has 360 valence electrons. The zero-order valence-corrected chi connectivity index (χ0v) is 41.3. The molecule has 0 saturated heterocycles. The van der Waals surface area contributed by atoms with Crippen LogP contribution in [-0.4, -0.2) is 34.9 Å². The van der Waals surface area contributed by atoms with Crippen LogP contribution < -0.4 is 5.32 Å². The molecule has 0 aliphatic heterocycles. The van der Waals surface area contributed by atoms with Gasteiger partial charge in [0, 0.05) is 6.42 Å². The summed E-state index contributed by atoms with van der Waals surface area (Å²) in [6.45, 7) is 4.12. The van der Waals surface area contributed by atoms with Gasteiger partial charge in [0.05, 0.1) is 18.8 Å². The minimum atomic E-state index is -0.872. The van der Waals surface area contributed by atoms with Crippen LogP contribution in [0.4, 0.5) is 0 Å². The molecular weight excluding hydrogens is 771 g/mol. The number of aliphatic hydroxyl groups is 2. The lowest BCUT2D eigenvalue weighted by Crippen LogP contribution is -2.45. The van der Waals surface area contributed by atoms with Crippen LogP contribution in [0.2, 0.25) is 0 Å². The molecule has 4 nitrogen and oxygen atoms in total. The van der Waals surface area contributed by atoms with Crippen LogP contribution in [0.25, 0.3) is 0 Å². The predicted octanol–water partition coefficient (Wildman–Crippen LogP) is 17.5. The van der Waals surface area contributed by atoms with Crippen molar-refractivity contribution in [1.29, 1.82) is 0 Å². The normalized spacial score (nSPS) is 13.8. The molecule has 0 saturated carbocycles. The molecule has 0 aliphatic rings. The van der Waals surface area contributed by atoms with E-state index in [4.69, 9.17) is 0 Å². The van der Waals surface area contributed by atoms with E-state index in [2.05, 4.69) is 116 Å². The molecular formula is C59H101NO3. The summed E-state index contributed by atoms with van der Waals surface area (Å²) in [5.74, 6) is -0.0807. The molecule has 0 heterocycles. The van der Waals surface area contributed by atoms with E-state index in [1.165, 1.54) is 141 Å². The number of aliphatic hydroxyl groups excluding tert-OH is 2. The third kappa shape index (κ3) is 49.9. The first-order valence-corrected chi connectivity index (χ1v) is 26.6. The topological polar surface area (TPSA) is 69.6 Å². The number of unbranched alkanes of at least 4 members (excludes halogenated alkanes) is 24. The second-order valence-electron chi connectivity index (χ2n) is 17.5. The summed E-state index contributed by atoms with van der Waals surface area (Å²) >= 11 is 0. The highest BCUT2D eigenvalue weighted by Gasteiger charge is 2.17. The first-order chi connectivity index (χ1) is 31.2. The van der Waals surface area contributed by atoms with Crippen LogP contribution in [0.3, 0.4) is 0 Å². The summed E-state index contributed by atoms with van der Waals surface area (Å²) in [6, 6.07) is -0.648. The smallest absolute Gasteiger partial charge is 0.220 e. The Hall–Kier alpha value is -2.95. The Balaban J connectivity index is 3.48. The number of carbonyl (C=O) groups excluding carboxylic acids is 1. The van der Waals surface area contributed by atoms with Crippen LogP contribution in [-0.2, 0) is 4.79 Å².